The molecular weight excluding hydrogens is 434 g/mol. The van der Waals surface area contributed by atoms with Crippen molar-refractivity contribution in [3.8, 4) is 22.8 Å². The Morgan fingerprint density at radius 1 is 1.12 bits per heavy atom. The van der Waals surface area contributed by atoms with Gasteiger partial charge >= 0.3 is 0 Å². The van der Waals surface area contributed by atoms with E-state index in [1.54, 1.807) is 25.4 Å². The number of benzene rings is 2. The first-order chi connectivity index (χ1) is 16.0. The molecule has 0 N–H and O–H groups in total. The van der Waals surface area contributed by atoms with Gasteiger partial charge in [0.2, 0.25) is 0 Å². The van der Waals surface area contributed by atoms with Crippen LogP contribution in [0.15, 0.2) is 60.2 Å². The maximum atomic E-state index is 11.9. The maximum absolute atomic E-state index is 11.9. The smallest absolute Gasteiger partial charge is 0.259 e. The summed E-state index contributed by atoms with van der Waals surface area (Å²) in [5.41, 5.74) is 6.54. The normalized spacial score (nSPS) is 11.2. The Morgan fingerprint density at radius 2 is 2.00 bits per heavy atom. The van der Waals surface area contributed by atoms with Gasteiger partial charge in [-0.1, -0.05) is 13.0 Å². The molecule has 33 heavy (non-hydrogen) atoms. The minimum absolute atomic E-state index is 0.00473. The van der Waals surface area contributed by atoms with Crippen LogP contribution in [-0.4, -0.2) is 51.0 Å². The molecule has 1 amide bonds. The molecule has 0 atom stereocenters. The predicted octanol–water partition coefficient (Wildman–Crippen LogP) is 4.73. The number of carbonyl (C=O) groups is 1. The van der Waals surface area contributed by atoms with E-state index in [1.165, 1.54) is 4.90 Å². The van der Waals surface area contributed by atoms with Crippen molar-refractivity contribution in [2.75, 3.05) is 20.7 Å². The molecule has 7 nitrogen and oxygen atoms in total. The molecule has 0 saturated carbocycles. The number of amides is 1. The van der Waals surface area contributed by atoms with Gasteiger partial charge in [-0.15, -0.1) is 11.3 Å². The molecule has 0 aliphatic heterocycles. The highest BCUT2D eigenvalue weighted by atomic mass is 32.1. The zero-order valence-electron chi connectivity index (χ0n) is 18.6. The van der Waals surface area contributed by atoms with Crippen LogP contribution in [0.4, 0.5) is 0 Å². The third kappa shape index (κ3) is 4.05. The second kappa shape index (κ2) is 8.63. The van der Waals surface area contributed by atoms with Gasteiger partial charge in [-0.3, -0.25) is 4.79 Å². The molecule has 0 fully saturated rings. The molecule has 0 aliphatic rings. The number of carbonyl (C=O) groups excluding carboxylic acids is 1. The van der Waals surface area contributed by atoms with Crippen molar-refractivity contribution in [2.45, 2.75) is 13.3 Å². The Kier molecular flexibility index (Phi) is 5.51. The summed E-state index contributed by atoms with van der Waals surface area (Å²) in [6.45, 7) is 2.10. The summed E-state index contributed by atoms with van der Waals surface area (Å²) in [6.07, 6.45) is 2.80. The molecule has 0 aliphatic carbocycles. The van der Waals surface area contributed by atoms with Gasteiger partial charge < -0.3 is 14.2 Å². The number of likely N-dealkylation sites (N-methyl/N-ethyl adjacent to an activating group) is 1. The lowest BCUT2D eigenvalue weighted by Gasteiger charge is -2.13. The van der Waals surface area contributed by atoms with Crippen molar-refractivity contribution in [2.24, 2.45) is 0 Å². The summed E-state index contributed by atoms with van der Waals surface area (Å²) in [6, 6.07) is 15.8. The SMILES string of the molecule is CCc1nc(-c2ccc3ncsc3c2)nc2c1ccn2-c1cccc(OCC(=O)N(C)C)c1. The lowest BCUT2D eigenvalue weighted by atomic mass is 10.1. The van der Waals surface area contributed by atoms with Gasteiger partial charge in [-0.05, 0) is 42.8 Å². The number of fused-ring (bicyclic) bond motifs is 2. The van der Waals surface area contributed by atoms with Gasteiger partial charge in [0.05, 0.1) is 27.1 Å². The minimum atomic E-state index is -0.0882. The molecule has 0 radical (unpaired) electrons. The topological polar surface area (TPSA) is 73.1 Å². The molecule has 3 aromatic heterocycles. The van der Waals surface area contributed by atoms with Crippen molar-refractivity contribution in [3.05, 3.63) is 65.9 Å². The molecule has 5 aromatic rings. The van der Waals surface area contributed by atoms with E-state index in [9.17, 15) is 4.79 Å². The molecule has 5 rings (SSSR count). The Bertz CT molecular complexity index is 1470. The first-order valence-electron chi connectivity index (χ1n) is 10.7. The summed E-state index contributed by atoms with van der Waals surface area (Å²) in [4.78, 5) is 27.6. The van der Waals surface area contributed by atoms with Crippen LogP contribution < -0.4 is 4.74 Å². The van der Waals surface area contributed by atoms with Gasteiger partial charge in [0.25, 0.3) is 5.91 Å². The Balaban J connectivity index is 1.56. The monoisotopic (exact) mass is 457 g/mol. The van der Waals surface area contributed by atoms with Crippen LogP contribution in [0.2, 0.25) is 0 Å². The Morgan fingerprint density at radius 3 is 2.82 bits per heavy atom. The van der Waals surface area contributed by atoms with E-state index in [0.717, 1.165) is 44.6 Å². The highest BCUT2D eigenvalue weighted by molar-refractivity contribution is 7.16. The van der Waals surface area contributed by atoms with Crippen molar-refractivity contribution in [1.82, 2.24) is 24.4 Å². The fraction of sp³-hybridized carbons (Fsp3) is 0.200. The van der Waals surface area contributed by atoms with Gasteiger partial charge in [0.1, 0.15) is 11.4 Å². The van der Waals surface area contributed by atoms with Crippen LogP contribution in [0.1, 0.15) is 12.6 Å². The van der Waals surface area contributed by atoms with Crippen LogP contribution in [0.5, 0.6) is 5.75 Å². The largest absolute Gasteiger partial charge is 0.484 e. The Labute approximate surface area is 195 Å². The first kappa shape index (κ1) is 21.1. The average Bonchev–Trinajstić information content (AvgIpc) is 3.48. The van der Waals surface area contributed by atoms with E-state index >= 15 is 0 Å². The van der Waals surface area contributed by atoms with Gasteiger partial charge in [-0.25, -0.2) is 15.0 Å². The summed E-state index contributed by atoms with van der Waals surface area (Å²) in [5.74, 6) is 1.23. The van der Waals surface area contributed by atoms with E-state index in [4.69, 9.17) is 14.7 Å². The lowest BCUT2D eigenvalue weighted by Crippen LogP contribution is -2.27. The Hall–Kier alpha value is -3.78. The van der Waals surface area contributed by atoms with E-state index in [2.05, 4.69) is 18.0 Å². The zero-order chi connectivity index (χ0) is 22.9. The van der Waals surface area contributed by atoms with Crippen LogP contribution in [-0.2, 0) is 11.2 Å². The molecule has 0 spiro atoms. The van der Waals surface area contributed by atoms with E-state index < -0.39 is 0 Å². The quantitative estimate of drug-likeness (QED) is 0.369. The number of aromatic nitrogens is 4. The number of ether oxygens (including phenoxy) is 1. The van der Waals surface area contributed by atoms with Gasteiger partial charge in [0.15, 0.2) is 12.4 Å². The summed E-state index contributed by atoms with van der Waals surface area (Å²) < 4.78 is 8.85. The number of rotatable bonds is 6. The molecule has 8 heteroatoms. The lowest BCUT2D eigenvalue weighted by molar-refractivity contribution is -0.130. The van der Waals surface area contributed by atoms with Gasteiger partial charge in [-0.2, -0.15) is 0 Å². The fourth-order valence-electron chi connectivity index (χ4n) is 3.68. The molecule has 0 saturated heterocycles. The fourth-order valence-corrected chi connectivity index (χ4v) is 4.39. The molecule has 166 valence electrons. The molecule has 2 aromatic carbocycles. The molecule has 3 heterocycles. The summed E-state index contributed by atoms with van der Waals surface area (Å²) in [7, 11) is 3.42. The van der Waals surface area contributed by atoms with E-state index in [-0.39, 0.29) is 12.5 Å². The molecular formula is C25H23N5O2S. The number of thiazole rings is 1. The second-order valence-corrected chi connectivity index (χ2v) is 8.77. The summed E-state index contributed by atoms with van der Waals surface area (Å²) in [5, 5.41) is 1.02. The van der Waals surface area contributed by atoms with Gasteiger partial charge in [0, 0.05) is 37.3 Å². The minimum Gasteiger partial charge on any atom is -0.484 e. The number of nitrogens with zero attached hydrogens (tertiary/aromatic N) is 5. The molecule has 0 unspecified atom stereocenters. The number of hydrogen-bond donors (Lipinski definition) is 0. The molecule has 0 bridgehead atoms. The summed E-state index contributed by atoms with van der Waals surface area (Å²) >= 11 is 1.61. The third-order valence-electron chi connectivity index (χ3n) is 5.50. The highest BCUT2D eigenvalue weighted by Crippen LogP contribution is 2.29. The third-order valence-corrected chi connectivity index (χ3v) is 6.30. The zero-order valence-corrected chi connectivity index (χ0v) is 19.5. The van der Waals surface area contributed by atoms with Crippen molar-refractivity contribution in [1.29, 1.82) is 0 Å². The van der Waals surface area contributed by atoms with Crippen LogP contribution >= 0.6 is 11.3 Å². The highest BCUT2D eigenvalue weighted by Gasteiger charge is 2.14. The number of hydrogen-bond acceptors (Lipinski definition) is 6. The average molecular weight is 458 g/mol. The van der Waals surface area contributed by atoms with Crippen LogP contribution in [0.25, 0.3) is 38.3 Å². The first-order valence-corrected chi connectivity index (χ1v) is 11.6. The second-order valence-electron chi connectivity index (χ2n) is 7.88. The van der Waals surface area contributed by atoms with Crippen molar-refractivity contribution >= 4 is 38.5 Å². The standard InChI is InChI=1S/C25H23N5O2S/c1-4-20-19-10-11-30(17-6-5-7-18(13-17)32-14-23(31)29(2)3)25(19)28-24(27-20)16-8-9-21-22(12-16)33-15-26-21/h5-13,15H,4,14H2,1-3H3. The van der Waals surface area contributed by atoms with E-state index in [1.807, 2.05) is 58.7 Å². The van der Waals surface area contributed by atoms with Crippen molar-refractivity contribution < 1.29 is 9.53 Å². The van der Waals surface area contributed by atoms with Crippen molar-refractivity contribution in [3.63, 3.8) is 0 Å². The van der Waals surface area contributed by atoms with Crippen LogP contribution in [0, 0.1) is 0 Å². The maximum Gasteiger partial charge on any atom is 0.259 e. The van der Waals surface area contributed by atoms with Crippen LogP contribution in [0.3, 0.4) is 0 Å². The predicted molar refractivity (Wildman–Crippen MR) is 131 cm³/mol. The van der Waals surface area contributed by atoms with E-state index in [0.29, 0.717) is 11.6 Å². The number of aryl methyl sites for hydroxylation is 1.